The molecule has 1 aromatic carbocycles. The number of nitrogens with one attached hydrogen (secondary N) is 2. The van der Waals surface area contributed by atoms with Crippen molar-refractivity contribution >= 4 is 40.7 Å². The average molecular weight is 509 g/mol. The maximum Gasteiger partial charge on any atom is 0.191 e. The summed E-state index contributed by atoms with van der Waals surface area (Å²) in [5, 5.41) is 7.08. The summed E-state index contributed by atoms with van der Waals surface area (Å²) in [6.07, 6.45) is 4.11. The molecule has 0 radical (unpaired) electrons. The molecule has 1 aliphatic rings. The molecule has 1 aliphatic carbocycles. The number of aliphatic imine (C=N–C) groups is 1. The molecule has 0 heterocycles. The van der Waals surface area contributed by atoms with Gasteiger partial charge in [0.05, 0.1) is 0 Å². The summed E-state index contributed by atoms with van der Waals surface area (Å²) in [4.78, 5) is 4.32. The second-order valence-electron chi connectivity index (χ2n) is 7.59. The zero-order valence-corrected chi connectivity index (χ0v) is 19.9. The van der Waals surface area contributed by atoms with E-state index in [1.54, 1.807) is 13.1 Å². The first kappa shape index (κ1) is 24.3. The third-order valence-electron chi connectivity index (χ3n) is 5.15. The van der Waals surface area contributed by atoms with Gasteiger partial charge in [0.25, 0.3) is 0 Å². The van der Waals surface area contributed by atoms with Crippen molar-refractivity contribution in [2.45, 2.75) is 63.2 Å². The number of hydrogen-bond donors (Lipinski definition) is 2. The van der Waals surface area contributed by atoms with Crippen LogP contribution in [0.1, 0.15) is 52.0 Å². The van der Waals surface area contributed by atoms with Gasteiger partial charge in [-0.3, -0.25) is 9.20 Å². The Morgan fingerprint density at radius 1 is 1.33 bits per heavy atom. The van der Waals surface area contributed by atoms with Gasteiger partial charge in [-0.25, -0.2) is 4.39 Å². The van der Waals surface area contributed by atoms with E-state index >= 15 is 0 Å². The van der Waals surface area contributed by atoms with Crippen LogP contribution < -0.4 is 10.6 Å². The Balaban J connectivity index is 0.00000364. The molecular formula is C20H33FIN3OS. The van der Waals surface area contributed by atoms with Crippen LogP contribution in [0.3, 0.4) is 0 Å². The summed E-state index contributed by atoms with van der Waals surface area (Å²) in [6.45, 7) is 6.60. The molecule has 2 N–H and O–H groups in total. The smallest absolute Gasteiger partial charge is 0.191 e. The molecule has 0 bridgehead atoms. The third-order valence-corrected chi connectivity index (χ3v) is 6.89. The maximum absolute atomic E-state index is 14.1. The van der Waals surface area contributed by atoms with Gasteiger partial charge in [-0.05, 0) is 30.9 Å². The summed E-state index contributed by atoms with van der Waals surface area (Å²) < 4.78 is 26.2. The Morgan fingerprint density at radius 3 is 2.67 bits per heavy atom. The first-order chi connectivity index (χ1) is 12.4. The number of hydrogen-bond acceptors (Lipinski definition) is 2. The van der Waals surface area contributed by atoms with E-state index in [9.17, 15) is 8.60 Å². The molecule has 3 unspecified atom stereocenters. The van der Waals surface area contributed by atoms with E-state index in [4.69, 9.17) is 0 Å². The largest absolute Gasteiger partial charge is 0.356 e. The van der Waals surface area contributed by atoms with Crippen LogP contribution in [0, 0.1) is 5.82 Å². The molecule has 154 valence electrons. The molecule has 0 spiro atoms. The van der Waals surface area contributed by atoms with Gasteiger partial charge < -0.3 is 10.6 Å². The predicted octanol–water partition coefficient (Wildman–Crippen LogP) is 3.97. The monoisotopic (exact) mass is 509 g/mol. The van der Waals surface area contributed by atoms with Crippen molar-refractivity contribution in [3.63, 3.8) is 0 Å². The molecule has 0 amide bonds. The van der Waals surface area contributed by atoms with Crippen LogP contribution in [0.4, 0.5) is 4.39 Å². The fourth-order valence-electron chi connectivity index (χ4n) is 3.55. The lowest BCUT2D eigenvalue weighted by Gasteiger charge is -2.32. The minimum Gasteiger partial charge on any atom is -0.356 e. The number of guanidine groups is 1. The zero-order valence-electron chi connectivity index (χ0n) is 16.8. The fraction of sp³-hybridized carbons (Fsp3) is 0.650. The molecule has 4 nitrogen and oxygen atoms in total. The molecule has 0 aliphatic heterocycles. The summed E-state index contributed by atoms with van der Waals surface area (Å²) in [5.41, 5.74) is 0.334. The summed E-state index contributed by atoms with van der Waals surface area (Å²) in [6, 6.07) is 7.19. The fourth-order valence-corrected chi connectivity index (χ4v) is 4.90. The van der Waals surface area contributed by atoms with Gasteiger partial charge in [0.2, 0.25) is 0 Å². The van der Waals surface area contributed by atoms with Crippen LogP contribution >= 0.6 is 24.0 Å². The highest BCUT2D eigenvalue weighted by Gasteiger charge is 2.27. The van der Waals surface area contributed by atoms with Gasteiger partial charge in [-0.1, -0.05) is 45.4 Å². The quantitative estimate of drug-likeness (QED) is 0.347. The normalized spacial score (nSPS) is 21.9. The minimum absolute atomic E-state index is 0. The van der Waals surface area contributed by atoms with Crippen molar-refractivity contribution in [1.29, 1.82) is 0 Å². The van der Waals surface area contributed by atoms with Crippen molar-refractivity contribution < 1.29 is 8.60 Å². The molecule has 2 rings (SSSR count). The lowest BCUT2D eigenvalue weighted by molar-refractivity contribution is 0.409. The number of nitrogens with zero attached hydrogens (tertiary/aromatic N) is 1. The second-order valence-corrected chi connectivity index (χ2v) is 9.59. The van der Waals surface area contributed by atoms with Gasteiger partial charge in [0, 0.05) is 46.9 Å². The van der Waals surface area contributed by atoms with Crippen molar-refractivity contribution in [2.24, 2.45) is 4.99 Å². The molecule has 1 aromatic rings. The van der Waals surface area contributed by atoms with E-state index in [1.165, 1.54) is 6.07 Å². The van der Waals surface area contributed by atoms with E-state index < -0.39 is 10.8 Å². The second kappa shape index (κ2) is 11.3. The molecule has 27 heavy (non-hydrogen) atoms. The summed E-state index contributed by atoms with van der Waals surface area (Å²) in [7, 11) is 1.01. The maximum atomic E-state index is 14.1. The predicted molar refractivity (Wildman–Crippen MR) is 124 cm³/mol. The summed E-state index contributed by atoms with van der Waals surface area (Å²) >= 11 is 0. The number of rotatable bonds is 6. The molecule has 1 saturated carbocycles. The van der Waals surface area contributed by atoms with E-state index in [0.29, 0.717) is 12.1 Å². The Labute approximate surface area is 182 Å². The molecule has 7 heteroatoms. The van der Waals surface area contributed by atoms with Crippen LogP contribution in [0.15, 0.2) is 29.3 Å². The minimum atomic E-state index is -0.738. The van der Waals surface area contributed by atoms with Gasteiger partial charge in [0.15, 0.2) is 5.96 Å². The van der Waals surface area contributed by atoms with Crippen molar-refractivity contribution in [2.75, 3.05) is 19.3 Å². The molecule has 0 saturated heterocycles. The molecule has 3 atom stereocenters. The Bertz CT molecular complexity index is 654. The summed E-state index contributed by atoms with van der Waals surface area (Å²) in [5.74, 6) is 1.27. The van der Waals surface area contributed by atoms with Crippen LogP contribution in [-0.4, -0.2) is 40.8 Å². The SMILES string of the molecule is CCS(=O)C1CCCC(NC(=NC)NCC(C)(C)c2ccccc2F)C1.I. The highest BCUT2D eigenvalue weighted by atomic mass is 127. The average Bonchev–Trinajstić information content (AvgIpc) is 2.64. The highest BCUT2D eigenvalue weighted by Crippen LogP contribution is 2.25. The van der Waals surface area contributed by atoms with E-state index in [-0.39, 0.29) is 46.5 Å². The van der Waals surface area contributed by atoms with Gasteiger partial charge in [-0.15, -0.1) is 24.0 Å². The van der Waals surface area contributed by atoms with Crippen LogP contribution in [0.2, 0.25) is 0 Å². The van der Waals surface area contributed by atoms with E-state index in [0.717, 1.165) is 37.4 Å². The molecule has 1 fully saturated rings. The Kier molecular flexibility index (Phi) is 10.2. The van der Waals surface area contributed by atoms with E-state index in [1.807, 2.05) is 32.9 Å². The lowest BCUT2D eigenvalue weighted by atomic mass is 9.84. The third kappa shape index (κ3) is 7.00. The van der Waals surface area contributed by atoms with Crippen molar-refractivity contribution in [1.82, 2.24) is 10.6 Å². The van der Waals surface area contributed by atoms with Gasteiger partial charge in [0.1, 0.15) is 5.82 Å². The lowest BCUT2D eigenvalue weighted by Crippen LogP contribution is -2.49. The van der Waals surface area contributed by atoms with Crippen LogP contribution in [0.5, 0.6) is 0 Å². The zero-order chi connectivity index (χ0) is 19.2. The van der Waals surface area contributed by atoms with Crippen LogP contribution in [0.25, 0.3) is 0 Å². The van der Waals surface area contributed by atoms with E-state index in [2.05, 4.69) is 15.6 Å². The van der Waals surface area contributed by atoms with Crippen LogP contribution in [-0.2, 0) is 16.2 Å². The number of halogens is 2. The van der Waals surface area contributed by atoms with Crippen molar-refractivity contribution in [3.8, 4) is 0 Å². The highest BCUT2D eigenvalue weighted by molar-refractivity contribution is 14.0. The standard InChI is InChI=1S/C20H32FN3OS.HI/c1-5-26(25)16-10-8-9-15(13-16)24-19(22-4)23-14-20(2,3)17-11-6-7-12-18(17)21;/h6-7,11-12,15-16H,5,8-10,13-14H2,1-4H3,(H2,22,23,24);1H. The molecular weight excluding hydrogens is 476 g/mol. The molecule has 0 aromatic heterocycles. The Morgan fingerprint density at radius 2 is 2.04 bits per heavy atom. The van der Waals surface area contributed by atoms with Gasteiger partial charge >= 0.3 is 0 Å². The van der Waals surface area contributed by atoms with Gasteiger partial charge in [-0.2, -0.15) is 0 Å². The first-order valence-electron chi connectivity index (χ1n) is 9.46. The number of benzene rings is 1. The first-order valence-corrected chi connectivity index (χ1v) is 10.8. The van der Waals surface area contributed by atoms with Crippen molar-refractivity contribution in [3.05, 3.63) is 35.6 Å². The topological polar surface area (TPSA) is 53.5 Å². The Hall–Kier alpha value is -0.700.